The highest BCUT2D eigenvalue weighted by atomic mass is 32.2. The molecular weight excluding hydrogens is 406 g/mol. The van der Waals surface area contributed by atoms with Gasteiger partial charge in [0, 0.05) is 11.6 Å². The molecule has 30 heavy (non-hydrogen) atoms. The van der Waals surface area contributed by atoms with Crippen LogP contribution in [0.25, 0.3) is 11.3 Å². The van der Waals surface area contributed by atoms with Crippen LogP contribution in [0, 0.1) is 0 Å². The minimum atomic E-state index is -4.15. The van der Waals surface area contributed by atoms with Crippen molar-refractivity contribution in [3.8, 4) is 17.0 Å². The maximum Gasteiger partial charge on any atom is 0.339 e. The smallest absolute Gasteiger partial charge is 0.339 e. The van der Waals surface area contributed by atoms with E-state index in [1.165, 1.54) is 18.2 Å². The van der Waals surface area contributed by atoms with Gasteiger partial charge in [0.05, 0.1) is 23.8 Å². The summed E-state index contributed by atoms with van der Waals surface area (Å²) in [6, 6.07) is 12.2. The van der Waals surface area contributed by atoms with E-state index in [2.05, 4.69) is 14.9 Å². The fraction of sp³-hybridized carbons (Fsp3) is 0.238. The highest BCUT2D eigenvalue weighted by molar-refractivity contribution is 7.87. The van der Waals surface area contributed by atoms with Crippen molar-refractivity contribution in [1.29, 1.82) is 0 Å². The topological polar surface area (TPSA) is 111 Å². The van der Waals surface area contributed by atoms with Gasteiger partial charge in [-0.2, -0.15) is 8.42 Å². The molecule has 1 aromatic heterocycles. The van der Waals surface area contributed by atoms with E-state index in [9.17, 15) is 13.2 Å². The Kier molecular flexibility index (Phi) is 5.56. The van der Waals surface area contributed by atoms with Crippen LogP contribution in [0.15, 0.2) is 66.0 Å². The van der Waals surface area contributed by atoms with Gasteiger partial charge in [-0.15, -0.1) is 0 Å². The second-order valence-electron chi connectivity index (χ2n) is 7.06. The van der Waals surface area contributed by atoms with E-state index in [0.717, 1.165) is 43.3 Å². The van der Waals surface area contributed by atoms with E-state index >= 15 is 0 Å². The molecule has 0 spiro atoms. The van der Waals surface area contributed by atoms with Crippen molar-refractivity contribution in [1.82, 2.24) is 14.9 Å². The first-order valence-electron chi connectivity index (χ1n) is 9.55. The number of carboxylic acids is 1. The van der Waals surface area contributed by atoms with E-state index < -0.39 is 16.1 Å². The van der Waals surface area contributed by atoms with Gasteiger partial charge in [0.2, 0.25) is 0 Å². The lowest BCUT2D eigenvalue weighted by molar-refractivity contribution is 0.0696. The molecule has 156 valence electrons. The Bertz CT molecular complexity index is 1150. The molecule has 1 aliphatic rings. The standard InChI is InChI=1S/C21H21N3O5S/c25-21(26)16-2-1-3-19(12-16)30(27,28)29-18-6-4-15(5-7-18)20-13-23-14-24(20)17-8-10-22-11-9-17/h1-7,12-14,17,22H,8-11H2,(H,25,26). The Morgan fingerprint density at radius 1 is 1.13 bits per heavy atom. The molecule has 8 nitrogen and oxygen atoms in total. The summed E-state index contributed by atoms with van der Waals surface area (Å²) < 4.78 is 32.4. The molecule has 2 N–H and O–H groups in total. The molecule has 0 radical (unpaired) electrons. The molecule has 0 amide bonds. The number of imidazole rings is 1. The van der Waals surface area contributed by atoms with Gasteiger partial charge in [-0.1, -0.05) is 6.07 Å². The predicted octanol–water partition coefficient (Wildman–Crippen LogP) is 2.94. The molecule has 1 fully saturated rings. The number of aromatic nitrogens is 2. The van der Waals surface area contributed by atoms with Crippen LogP contribution in [0.1, 0.15) is 29.2 Å². The second kappa shape index (κ2) is 8.29. The molecule has 4 rings (SSSR count). The van der Waals surface area contributed by atoms with Gasteiger partial charge < -0.3 is 19.2 Å². The highest BCUT2D eigenvalue weighted by Crippen LogP contribution is 2.29. The maximum absolute atomic E-state index is 12.5. The van der Waals surface area contributed by atoms with Crippen molar-refractivity contribution >= 4 is 16.1 Å². The fourth-order valence-electron chi connectivity index (χ4n) is 3.54. The lowest BCUT2D eigenvalue weighted by Gasteiger charge is -2.25. The Labute approximate surface area is 174 Å². The minimum absolute atomic E-state index is 0.124. The lowest BCUT2D eigenvalue weighted by Crippen LogP contribution is -2.29. The summed E-state index contributed by atoms with van der Waals surface area (Å²) in [6.07, 6.45) is 5.68. The van der Waals surface area contributed by atoms with E-state index in [1.54, 1.807) is 30.5 Å². The van der Waals surface area contributed by atoms with Gasteiger partial charge >= 0.3 is 16.1 Å². The number of carbonyl (C=O) groups is 1. The molecule has 0 unspecified atom stereocenters. The molecule has 2 heterocycles. The second-order valence-corrected chi connectivity index (χ2v) is 8.61. The van der Waals surface area contributed by atoms with Crippen LogP contribution < -0.4 is 9.50 Å². The van der Waals surface area contributed by atoms with Gasteiger partial charge in [-0.05, 0) is 68.4 Å². The Balaban J connectivity index is 1.54. The van der Waals surface area contributed by atoms with Crippen molar-refractivity contribution in [3.05, 3.63) is 66.6 Å². The monoisotopic (exact) mass is 427 g/mol. The van der Waals surface area contributed by atoms with Gasteiger partial charge in [-0.25, -0.2) is 9.78 Å². The first-order valence-corrected chi connectivity index (χ1v) is 11.0. The molecule has 0 aliphatic carbocycles. The summed E-state index contributed by atoms with van der Waals surface area (Å²) in [4.78, 5) is 15.2. The number of piperidine rings is 1. The van der Waals surface area contributed by atoms with Crippen LogP contribution in [-0.2, 0) is 10.1 Å². The third kappa shape index (κ3) is 4.22. The third-order valence-electron chi connectivity index (χ3n) is 5.09. The largest absolute Gasteiger partial charge is 0.478 e. The summed E-state index contributed by atoms with van der Waals surface area (Å²) in [6.45, 7) is 1.94. The van der Waals surface area contributed by atoms with Crippen LogP contribution in [0.5, 0.6) is 5.75 Å². The zero-order chi connectivity index (χ0) is 21.1. The van der Waals surface area contributed by atoms with Crippen molar-refractivity contribution in [2.45, 2.75) is 23.8 Å². The number of hydrogen-bond acceptors (Lipinski definition) is 6. The molecular formula is C21H21N3O5S. The first-order chi connectivity index (χ1) is 14.4. The summed E-state index contributed by atoms with van der Waals surface area (Å²) >= 11 is 0. The number of benzene rings is 2. The van der Waals surface area contributed by atoms with Crippen LogP contribution >= 0.6 is 0 Å². The molecule has 1 aliphatic heterocycles. The van der Waals surface area contributed by atoms with Crippen LogP contribution in [0.4, 0.5) is 0 Å². The minimum Gasteiger partial charge on any atom is -0.478 e. The van der Waals surface area contributed by atoms with E-state index in [-0.39, 0.29) is 16.2 Å². The van der Waals surface area contributed by atoms with Crippen LogP contribution in [0.2, 0.25) is 0 Å². The molecule has 0 atom stereocenters. The predicted molar refractivity (Wildman–Crippen MR) is 110 cm³/mol. The zero-order valence-electron chi connectivity index (χ0n) is 16.1. The number of carboxylic acid groups (broad SMARTS) is 1. The quantitative estimate of drug-likeness (QED) is 0.582. The van der Waals surface area contributed by atoms with Gasteiger partial charge in [0.25, 0.3) is 0 Å². The van der Waals surface area contributed by atoms with E-state index in [4.69, 9.17) is 9.29 Å². The van der Waals surface area contributed by atoms with Crippen molar-refractivity contribution in [2.24, 2.45) is 0 Å². The van der Waals surface area contributed by atoms with Crippen LogP contribution in [-0.4, -0.2) is 42.1 Å². The molecule has 2 aromatic carbocycles. The average molecular weight is 427 g/mol. The highest BCUT2D eigenvalue weighted by Gasteiger charge is 2.20. The van der Waals surface area contributed by atoms with Gasteiger partial charge in [-0.3, -0.25) is 0 Å². The molecule has 0 bridgehead atoms. The number of aromatic carboxylic acids is 1. The fourth-order valence-corrected chi connectivity index (χ4v) is 4.52. The van der Waals surface area contributed by atoms with Crippen LogP contribution in [0.3, 0.4) is 0 Å². The average Bonchev–Trinajstić information content (AvgIpc) is 3.25. The van der Waals surface area contributed by atoms with E-state index in [1.807, 2.05) is 6.33 Å². The molecule has 3 aromatic rings. The zero-order valence-corrected chi connectivity index (χ0v) is 16.9. The normalized spacial score (nSPS) is 15.1. The lowest BCUT2D eigenvalue weighted by atomic mass is 10.1. The molecule has 0 saturated carbocycles. The number of nitrogens with one attached hydrogen (secondary N) is 1. The third-order valence-corrected chi connectivity index (χ3v) is 6.34. The summed E-state index contributed by atoms with van der Waals surface area (Å²) in [5, 5.41) is 12.4. The Morgan fingerprint density at radius 3 is 2.57 bits per heavy atom. The maximum atomic E-state index is 12.5. The Morgan fingerprint density at radius 2 is 1.87 bits per heavy atom. The van der Waals surface area contributed by atoms with Gasteiger partial charge in [0.1, 0.15) is 10.6 Å². The van der Waals surface area contributed by atoms with Crippen molar-refractivity contribution in [2.75, 3.05) is 13.1 Å². The Hall–Kier alpha value is -3.17. The van der Waals surface area contributed by atoms with Crippen molar-refractivity contribution in [3.63, 3.8) is 0 Å². The number of nitrogens with zero attached hydrogens (tertiary/aromatic N) is 2. The van der Waals surface area contributed by atoms with Gasteiger partial charge in [0.15, 0.2) is 0 Å². The summed E-state index contributed by atoms with van der Waals surface area (Å²) in [7, 11) is -4.15. The molecule has 9 heteroatoms. The number of rotatable bonds is 6. The SMILES string of the molecule is O=C(O)c1cccc(S(=O)(=O)Oc2ccc(-c3cncn3C3CCNCC3)cc2)c1. The van der Waals surface area contributed by atoms with Crippen molar-refractivity contribution < 1.29 is 22.5 Å². The summed E-state index contributed by atoms with van der Waals surface area (Å²) in [5.41, 5.74) is 1.75. The van der Waals surface area contributed by atoms with E-state index in [0.29, 0.717) is 6.04 Å². The molecule has 1 saturated heterocycles. The number of hydrogen-bond donors (Lipinski definition) is 2. The summed E-state index contributed by atoms with van der Waals surface area (Å²) in [5.74, 6) is -1.06. The first kappa shape index (κ1) is 20.1.